The lowest BCUT2D eigenvalue weighted by molar-refractivity contribution is -0.118. The average molecular weight is 475 g/mol. The van der Waals surface area contributed by atoms with Crippen molar-refractivity contribution in [2.45, 2.75) is 12.3 Å². The number of anilines is 1. The third kappa shape index (κ3) is 4.48. The van der Waals surface area contributed by atoms with Crippen LogP contribution in [0.4, 0.5) is 5.82 Å². The zero-order valence-electron chi connectivity index (χ0n) is 18.2. The van der Waals surface area contributed by atoms with E-state index in [1.165, 1.54) is 11.3 Å². The predicted octanol–water partition coefficient (Wildman–Crippen LogP) is 4.04. The maximum atomic E-state index is 12.6. The summed E-state index contributed by atoms with van der Waals surface area (Å²) in [6.45, 7) is 1.25. The van der Waals surface area contributed by atoms with Crippen molar-refractivity contribution in [1.29, 1.82) is 0 Å². The molecular weight excluding hydrogens is 452 g/mol. The van der Waals surface area contributed by atoms with Gasteiger partial charge in [-0.15, -0.1) is 11.3 Å². The maximum Gasteiger partial charge on any atom is 0.264 e. The van der Waals surface area contributed by atoms with E-state index in [0.717, 1.165) is 29.7 Å². The Morgan fingerprint density at radius 3 is 2.59 bits per heavy atom. The SMILES string of the molecule is O=C(Nc1ccccn1)[C@H](CO)c1ccc(Oc2ccnc3cc(C(=O)N4CCC4)sc23)cc1. The van der Waals surface area contributed by atoms with Gasteiger partial charge in [0.15, 0.2) is 0 Å². The van der Waals surface area contributed by atoms with E-state index in [4.69, 9.17) is 4.74 Å². The molecule has 2 N–H and O–H groups in total. The topological polar surface area (TPSA) is 105 Å². The van der Waals surface area contributed by atoms with Crippen LogP contribution in [0.25, 0.3) is 10.2 Å². The number of nitrogens with zero attached hydrogens (tertiary/aromatic N) is 3. The Labute approximate surface area is 199 Å². The van der Waals surface area contributed by atoms with E-state index in [0.29, 0.717) is 27.8 Å². The first-order valence-electron chi connectivity index (χ1n) is 10.9. The third-order valence-corrected chi connectivity index (χ3v) is 6.78. The van der Waals surface area contributed by atoms with Crippen molar-refractivity contribution < 1.29 is 19.4 Å². The van der Waals surface area contributed by atoms with Crippen molar-refractivity contribution in [2.75, 3.05) is 25.0 Å². The van der Waals surface area contributed by atoms with E-state index in [1.807, 2.05) is 11.0 Å². The Hall–Kier alpha value is -3.82. The quantitative estimate of drug-likeness (QED) is 0.419. The van der Waals surface area contributed by atoms with Crippen molar-refractivity contribution in [2.24, 2.45) is 0 Å². The highest BCUT2D eigenvalue weighted by Crippen LogP contribution is 2.36. The number of carbonyl (C=O) groups is 2. The number of aliphatic hydroxyl groups excluding tert-OH is 1. The Kier molecular flexibility index (Phi) is 6.20. The van der Waals surface area contributed by atoms with Crippen LogP contribution in [-0.4, -0.2) is 51.5 Å². The lowest BCUT2D eigenvalue weighted by atomic mass is 9.99. The summed E-state index contributed by atoms with van der Waals surface area (Å²) in [4.78, 5) is 36.1. The van der Waals surface area contributed by atoms with Gasteiger partial charge in [-0.05, 0) is 42.3 Å². The molecule has 9 heteroatoms. The lowest BCUT2D eigenvalue weighted by Crippen LogP contribution is -2.41. The van der Waals surface area contributed by atoms with Gasteiger partial charge >= 0.3 is 0 Å². The molecule has 172 valence electrons. The Balaban J connectivity index is 1.32. The number of ether oxygens (including phenoxy) is 1. The second-order valence-corrected chi connectivity index (χ2v) is 8.94. The number of benzene rings is 1. The minimum absolute atomic E-state index is 0.0311. The van der Waals surface area contributed by atoms with Crippen LogP contribution in [0.2, 0.25) is 0 Å². The largest absolute Gasteiger partial charge is 0.456 e. The number of fused-ring (bicyclic) bond motifs is 1. The molecule has 1 fully saturated rings. The summed E-state index contributed by atoms with van der Waals surface area (Å²) in [5, 5.41) is 12.5. The molecule has 0 spiro atoms. The van der Waals surface area contributed by atoms with Crippen molar-refractivity contribution in [3.8, 4) is 11.5 Å². The number of thiophene rings is 1. The molecule has 2 amide bonds. The van der Waals surface area contributed by atoms with Crippen LogP contribution < -0.4 is 10.1 Å². The van der Waals surface area contributed by atoms with E-state index in [-0.39, 0.29) is 18.4 Å². The molecule has 1 aromatic carbocycles. The number of aliphatic hydroxyl groups is 1. The van der Waals surface area contributed by atoms with Gasteiger partial charge in [-0.25, -0.2) is 4.98 Å². The summed E-state index contributed by atoms with van der Waals surface area (Å²) < 4.78 is 6.89. The number of carbonyl (C=O) groups excluding carboxylic acids is 2. The fourth-order valence-electron chi connectivity index (χ4n) is 3.66. The molecule has 4 aromatic rings. The van der Waals surface area contributed by atoms with Crippen molar-refractivity contribution in [1.82, 2.24) is 14.9 Å². The van der Waals surface area contributed by atoms with E-state index in [9.17, 15) is 14.7 Å². The zero-order chi connectivity index (χ0) is 23.5. The summed E-state index contributed by atoms with van der Waals surface area (Å²) in [6, 6.07) is 15.8. The van der Waals surface area contributed by atoms with Gasteiger partial charge in [0.2, 0.25) is 5.91 Å². The molecular formula is C25H22N4O4S. The molecule has 0 unspecified atom stereocenters. The number of likely N-dealkylation sites (tertiary alicyclic amines) is 1. The molecule has 34 heavy (non-hydrogen) atoms. The van der Waals surface area contributed by atoms with Gasteiger partial charge < -0.3 is 20.1 Å². The van der Waals surface area contributed by atoms with Gasteiger partial charge in [0.25, 0.3) is 5.91 Å². The number of aromatic nitrogens is 2. The van der Waals surface area contributed by atoms with Gasteiger partial charge in [-0.2, -0.15) is 0 Å². The fraction of sp³-hybridized carbons (Fsp3) is 0.200. The average Bonchev–Trinajstić information content (AvgIpc) is 3.26. The van der Waals surface area contributed by atoms with Crippen molar-refractivity contribution >= 4 is 39.2 Å². The van der Waals surface area contributed by atoms with Gasteiger partial charge in [0, 0.05) is 31.5 Å². The number of hydrogen-bond acceptors (Lipinski definition) is 7. The Morgan fingerprint density at radius 1 is 1.09 bits per heavy atom. The normalized spacial score (nSPS) is 13.9. The molecule has 0 saturated carbocycles. The molecule has 5 rings (SSSR count). The monoisotopic (exact) mass is 474 g/mol. The molecule has 1 aliphatic rings. The summed E-state index contributed by atoms with van der Waals surface area (Å²) in [6.07, 6.45) is 4.28. The molecule has 1 aliphatic heterocycles. The number of nitrogens with one attached hydrogen (secondary N) is 1. The first kappa shape index (κ1) is 22.0. The van der Waals surface area contributed by atoms with Gasteiger partial charge in [-0.1, -0.05) is 18.2 Å². The minimum atomic E-state index is -0.740. The number of rotatable bonds is 7. The molecule has 3 aromatic heterocycles. The van der Waals surface area contributed by atoms with Crippen LogP contribution in [0.3, 0.4) is 0 Å². The first-order chi connectivity index (χ1) is 16.6. The van der Waals surface area contributed by atoms with Crippen LogP contribution >= 0.6 is 11.3 Å². The van der Waals surface area contributed by atoms with Crippen LogP contribution in [0.15, 0.2) is 67.0 Å². The first-order valence-corrected chi connectivity index (χ1v) is 11.7. The summed E-state index contributed by atoms with van der Waals surface area (Å²) in [5.74, 6) is 0.554. The zero-order valence-corrected chi connectivity index (χ0v) is 19.0. The number of pyridine rings is 2. The minimum Gasteiger partial charge on any atom is -0.456 e. The summed E-state index contributed by atoms with van der Waals surface area (Å²) >= 11 is 1.37. The van der Waals surface area contributed by atoms with Crippen LogP contribution in [0.1, 0.15) is 27.6 Å². The smallest absolute Gasteiger partial charge is 0.264 e. The summed E-state index contributed by atoms with van der Waals surface area (Å²) in [5.41, 5.74) is 1.37. The van der Waals surface area contributed by atoms with Gasteiger partial charge in [-0.3, -0.25) is 14.6 Å². The molecule has 4 heterocycles. The van der Waals surface area contributed by atoms with E-state index < -0.39 is 5.92 Å². The van der Waals surface area contributed by atoms with Crippen LogP contribution in [0, 0.1) is 0 Å². The number of amides is 2. The van der Waals surface area contributed by atoms with Gasteiger partial charge in [0.1, 0.15) is 17.3 Å². The molecule has 1 saturated heterocycles. The van der Waals surface area contributed by atoms with E-state index in [2.05, 4.69) is 15.3 Å². The molecule has 1 atom stereocenters. The maximum absolute atomic E-state index is 12.6. The number of hydrogen-bond donors (Lipinski definition) is 2. The fourth-order valence-corrected chi connectivity index (χ4v) is 4.69. The highest BCUT2D eigenvalue weighted by atomic mass is 32.1. The second kappa shape index (κ2) is 9.58. The second-order valence-electron chi connectivity index (χ2n) is 7.89. The van der Waals surface area contributed by atoms with E-state index >= 15 is 0 Å². The van der Waals surface area contributed by atoms with E-state index in [1.54, 1.807) is 60.9 Å². The lowest BCUT2D eigenvalue weighted by Gasteiger charge is -2.30. The van der Waals surface area contributed by atoms with Crippen molar-refractivity contribution in [3.05, 3.63) is 77.4 Å². The molecule has 0 radical (unpaired) electrons. The Morgan fingerprint density at radius 2 is 1.91 bits per heavy atom. The van der Waals surface area contributed by atoms with Gasteiger partial charge in [0.05, 0.1) is 27.6 Å². The molecule has 0 bridgehead atoms. The summed E-state index contributed by atoms with van der Waals surface area (Å²) in [7, 11) is 0. The standard InChI is InChI=1S/C25H22N4O4S/c30-15-18(24(31)28-22-4-1-2-10-27-22)16-5-7-17(8-6-16)33-20-9-11-26-19-14-21(34-23(19)20)25(32)29-12-3-13-29/h1-2,4-11,14,18,30H,3,12-13,15H2,(H,27,28,31)/t18-/m1/s1. The van der Waals surface area contributed by atoms with Crippen molar-refractivity contribution in [3.63, 3.8) is 0 Å². The highest BCUT2D eigenvalue weighted by molar-refractivity contribution is 7.21. The third-order valence-electron chi connectivity index (χ3n) is 5.66. The Bertz CT molecular complexity index is 1320. The van der Waals surface area contributed by atoms with Crippen LogP contribution in [0.5, 0.6) is 11.5 Å². The van der Waals surface area contributed by atoms with Crippen LogP contribution in [-0.2, 0) is 4.79 Å². The highest BCUT2D eigenvalue weighted by Gasteiger charge is 2.24. The predicted molar refractivity (Wildman–Crippen MR) is 129 cm³/mol. The molecule has 8 nitrogen and oxygen atoms in total. The molecule has 0 aliphatic carbocycles.